The smallest absolute Gasteiger partial charge is 0.234 e. The van der Waals surface area contributed by atoms with Crippen LogP contribution in [0.1, 0.15) is 12.8 Å². The van der Waals surface area contributed by atoms with Gasteiger partial charge in [0, 0.05) is 18.1 Å². The Kier molecular flexibility index (Phi) is 6.13. The van der Waals surface area contributed by atoms with E-state index in [1.807, 2.05) is 11.4 Å². The van der Waals surface area contributed by atoms with Crippen molar-refractivity contribution in [2.24, 2.45) is 5.41 Å². The number of methoxy groups -OCH3 is 2. The van der Waals surface area contributed by atoms with E-state index in [1.165, 1.54) is 11.3 Å². The summed E-state index contributed by atoms with van der Waals surface area (Å²) in [6.07, 6.45) is 1.50. The number of rotatable bonds is 6. The first-order valence-corrected chi connectivity index (χ1v) is 9.64. The van der Waals surface area contributed by atoms with Crippen molar-refractivity contribution in [2.75, 3.05) is 39.2 Å². The molecule has 0 unspecified atom stereocenters. The Morgan fingerprint density at radius 1 is 1.38 bits per heavy atom. The standard InChI is InChI=1S/C18H22ClN3O3S/c1-24-11-18(5-7-20-8-6-18)16(23)22-17-21-14(10-26-17)12-3-4-15(25-2)13(19)9-12/h3-4,9-10,20H,5-8,11H2,1-2H3,(H,21,22,23). The molecular formula is C18H22ClN3O3S. The fourth-order valence-electron chi connectivity index (χ4n) is 3.14. The summed E-state index contributed by atoms with van der Waals surface area (Å²) in [6, 6.07) is 5.50. The van der Waals surface area contributed by atoms with Crippen LogP contribution in [0.2, 0.25) is 5.02 Å². The molecule has 1 aliphatic heterocycles. The van der Waals surface area contributed by atoms with Crippen molar-refractivity contribution < 1.29 is 14.3 Å². The SMILES string of the molecule is COCC1(C(=O)Nc2nc(-c3ccc(OC)c(Cl)c3)cs2)CCNCC1. The Bertz CT molecular complexity index is 769. The number of amides is 1. The second kappa shape index (κ2) is 8.35. The summed E-state index contributed by atoms with van der Waals surface area (Å²) in [7, 11) is 3.21. The topological polar surface area (TPSA) is 72.5 Å². The summed E-state index contributed by atoms with van der Waals surface area (Å²) in [4.78, 5) is 17.4. The molecule has 2 heterocycles. The lowest BCUT2D eigenvalue weighted by Crippen LogP contribution is -2.47. The van der Waals surface area contributed by atoms with Gasteiger partial charge in [0.15, 0.2) is 5.13 Å². The number of hydrogen-bond acceptors (Lipinski definition) is 6. The van der Waals surface area contributed by atoms with Crippen LogP contribution in [-0.2, 0) is 9.53 Å². The second-order valence-corrected chi connectivity index (χ2v) is 7.57. The molecule has 1 aliphatic rings. The second-order valence-electron chi connectivity index (χ2n) is 6.30. The van der Waals surface area contributed by atoms with Gasteiger partial charge in [-0.15, -0.1) is 11.3 Å². The third-order valence-corrected chi connectivity index (χ3v) is 5.69. The Labute approximate surface area is 161 Å². The number of ether oxygens (including phenoxy) is 2. The van der Waals surface area contributed by atoms with E-state index in [2.05, 4.69) is 15.6 Å². The van der Waals surface area contributed by atoms with Crippen molar-refractivity contribution in [3.63, 3.8) is 0 Å². The first-order valence-electron chi connectivity index (χ1n) is 8.38. The number of nitrogens with one attached hydrogen (secondary N) is 2. The van der Waals surface area contributed by atoms with Crippen LogP contribution in [0.3, 0.4) is 0 Å². The fraction of sp³-hybridized carbons (Fsp3) is 0.444. The molecule has 26 heavy (non-hydrogen) atoms. The summed E-state index contributed by atoms with van der Waals surface area (Å²) in [5.41, 5.74) is 1.14. The molecule has 1 aromatic heterocycles. The third-order valence-electron chi connectivity index (χ3n) is 4.64. The maximum atomic E-state index is 12.9. The highest BCUT2D eigenvalue weighted by atomic mass is 35.5. The van der Waals surface area contributed by atoms with Crippen LogP contribution in [-0.4, -0.2) is 44.8 Å². The molecule has 0 saturated carbocycles. The van der Waals surface area contributed by atoms with Crippen molar-refractivity contribution in [2.45, 2.75) is 12.8 Å². The highest BCUT2D eigenvalue weighted by Gasteiger charge is 2.40. The Hall–Kier alpha value is -1.67. The molecule has 8 heteroatoms. The molecular weight excluding hydrogens is 374 g/mol. The van der Waals surface area contributed by atoms with Gasteiger partial charge in [-0.3, -0.25) is 4.79 Å². The zero-order chi connectivity index (χ0) is 18.6. The van der Waals surface area contributed by atoms with Crippen molar-refractivity contribution >= 4 is 34.0 Å². The van der Waals surface area contributed by atoms with Crippen LogP contribution >= 0.6 is 22.9 Å². The summed E-state index contributed by atoms with van der Waals surface area (Å²) < 4.78 is 10.5. The van der Waals surface area contributed by atoms with Gasteiger partial charge in [0.25, 0.3) is 0 Å². The minimum atomic E-state index is -0.505. The van der Waals surface area contributed by atoms with Gasteiger partial charge < -0.3 is 20.1 Å². The number of nitrogens with zero attached hydrogens (tertiary/aromatic N) is 1. The van der Waals surface area contributed by atoms with E-state index in [4.69, 9.17) is 21.1 Å². The van der Waals surface area contributed by atoms with E-state index < -0.39 is 5.41 Å². The van der Waals surface area contributed by atoms with Gasteiger partial charge in [0.2, 0.25) is 5.91 Å². The monoisotopic (exact) mass is 395 g/mol. The molecule has 0 bridgehead atoms. The molecule has 2 N–H and O–H groups in total. The van der Waals surface area contributed by atoms with Crippen LogP contribution in [0.4, 0.5) is 5.13 Å². The Balaban J connectivity index is 1.75. The average molecular weight is 396 g/mol. The quantitative estimate of drug-likeness (QED) is 0.784. The Morgan fingerprint density at radius 3 is 2.81 bits per heavy atom. The van der Waals surface area contributed by atoms with Crippen LogP contribution in [0, 0.1) is 5.41 Å². The maximum Gasteiger partial charge on any atom is 0.234 e. The fourth-order valence-corrected chi connectivity index (χ4v) is 4.11. The summed E-state index contributed by atoms with van der Waals surface area (Å²) in [5.74, 6) is 0.584. The number of benzene rings is 1. The zero-order valence-electron chi connectivity index (χ0n) is 14.8. The molecule has 0 radical (unpaired) electrons. The van der Waals surface area contributed by atoms with Gasteiger partial charge >= 0.3 is 0 Å². The van der Waals surface area contributed by atoms with Crippen molar-refractivity contribution in [1.29, 1.82) is 0 Å². The number of carbonyl (C=O) groups is 1. The molecule has 140 valence electrons. The van der Waals surface area contributed by atoms with E-state index in [0.29, 0.717) is 22.5 Å². The number of thiazole rings is 1. The lowest BCUT2D eigenvalue weighted by Gasteiger charge is -2.35. The van der Waals surface area contributed by atoms with E-state index in [-0.39, 0.29) is 5.91 Å². The van der Waals surface area contributed by atoms with Gasteiger partial charge in [-0.05, 0) is 44.1 Å². The minimum Gasteiger partial charge on any atom is -0.495 e. The average Bonchev–Trinajstić information content (AvgIpc) is 3.11. The maximum absolute atomic E-state index is 12.9. The molecule has 1 amide bonds. The lowest BCUT2D eigenvalue weighted by atomic mass is 9.79. The molecule has 1 fully saturated rings. The van der Waals surface area contributed by atoms with Gasteiger partial charge in [0.05, 0.1) is 29.8 Å². The molecule has 0 spiro atoms. The summed E-state index contributed by atoms with van der Waals surface area (Å²) in [5, 5.41) is 9.26. The van der Waals surface area contributed by atoms with E-state index in [9.17, 15) is 4.79 Å². The lowest BCUT2D eigenvalue weighted by molar-refractivity contribution is -0.130. The summed E-state index contributed by atoms with van der Waals surface area (Å²) >= 11 is 7.58. The highest BCUT2D eigenvalue weighted by Crippen LogP contribution is 2.34. The van der Waals surface area contributed by atoms with Gasteiger partial charge in [-0.1, -0.05) is 11.6 Å². The zero-order valence-corrected chi connectivity index (χ0v) is 16.4. The van der Waals surface area contributed by atoms with Crippen molar-refractivity contribution in [3.05, 3.63) is 28.6 Å². The highest BCUT2D eigenvalue weighted by molar-refractivity contribution is 7.14. The molecule has 1 saturated heterocycles. The number of anilines is 1. The molecule has 6 nitrogen and oxygen atoms in total. The largest absolute Gasteiger partial charge is 0.495 e. The van der Waals surface area contributed by atoms with Crippen molar-refractivity contribution in [1.82, 2.24) is 10.3 Å². The number of hydrogen-bond donors (Lipinski definition) is 2. The molecule has 2 aromatic rings. The molecule has 0 atom stereocenters. The number of piperidine rings is 1. The molecule has 1 aromatic carbocycles. The minimum absolute atomic E-state index is 0.0329. The predicted octanol–water partition coefficient (Wildman–Crippen LogP) is 3.43. The Morgan fingerprint density at radius 2 is 2.15 bits per heavy atom. The third kappa shape index (κ3) is 4.01. The van der Waals surface area contributed by atoms with Gasteiger partial charge in [-0.2, -0.15) is 0 Å². The van der Waals surface area contributed by atoms with Crippen molar-refractivity contribution in [3.8, 4) is 17.0 Å². The number of carbonyl (C=O) groups excluding carboxylic acids is 1. The normalized spacial score (nSPS) is 16.3. The first kappa shape index (κ1) is 19.1. The van der Waals surface area contributed by atoms with Crippen LogP contribution in [0.15, 0.2) is 23.6 Å². The number of aromatic nitrogens is 1. The van der Waals surface area contributed by atoms with Gasteiger partial charge in [0.1, 0.15) is 5.75 Å². The van der Waals surface area contributed by atoms with Crippen LogP contribution in [0.25, 0.3) is 11.3 Å². The molecule has 0 aliphatic carbocycles. The molecule has 3 rings (SSSR count). The predicted molar refractivity (Wildman–Crippen MR) is 104 cm³/mol. The van der Waals surface area contributed by atoms with E-state index in [1.54, 1.807) is 26.4 Å². The summed E-state index contributed by atoms with van der Waals surface area (Å²) in [6.45, 7) is 2.03. The van der Waals surface area contributed by atoms with E-state index in [0.717, 1.165) is 37.2 Å². The first-order chi connectivity index (χ1) is 12.6. The van der Waals surface area contributed by atoms with Gasteiger partial charge in [-0.25, -0.2) is 4.98 Å². The number of halogens is 1. The van der Waals surface area contributed by atoms with Crippen LogP contribution in [0.5, 0.6) is 5.75 Å². The van der Waals surface area contributed by atoms with E-state index >= 15 is 0 Å². The van der Waals surface area contributed by atoms with Crippen LogP contribution < -0.4 is 15.4 Å².